The first-order valence-corrected chi connectivity index (χ1v) is 4.83. The van der Waals surface area contributed by atoms with Crippen LogP contribution in [0.15, 0.2) is 36.7 Å². The van der Waals surface area contributed by atoms with Crippen LogP contribution in [0, 0.1) is 24.1 Å². The average molecular weight is 212 g/mol. The maximum Gasteiger partial charge on any atom is 0.141 e. The van der Waals surface area contributed by atoms with Crippen molar-refractivity contribution < 1.29 is 4.39 Å². The molecule has 0 radical (unpaired) electrons. The van der Waals surface area contributed by atoms with E-state index in [9.17, 15) is 4.39 Å². The lowest BCUT2D eigenvalue weighted by Crippen LogP contribution is -1.91. The summed E-state index contributed by atoms with van der Waals surface area (Å²) in [6.07, 6.45) is 3.31. The van der Waals surface area contributed by atoms with E-state index in [-0.39, 0.29) is 5.56 Å². The summed E-state index contributed by atoms with van der Waals surface area (Å²) in [6.45, 7) is 1.91. The number of benzene rings is 1. The zero-order valence-electron chi connectivity index (χ0n) is 8.74. The van der Waals surface area contributed by atoms with E-state index >= 15 is 0 Å². The lowest BCUT2D eigenvalue weighted by Gasteiger charge is -2.07. The van der Waals surface area contributed by atoms with E-state index in [1.165, 1.54) is 6.07 Å². The predicted octanol–water partition coefficient (Wildman–Crippen LogP) is 3.07. The van der Waals surface area contributed by atoms with Crippen molar-refractivity contribution in [1.29, 1.82) is 5.26 Å². The van der Waals surface area contributed by atoms with E-state index in [2.05, 4.69) is 4.98 Å². The molecule has 0 unspecified atom stereocenters. The van der Waals surface area contributed by atoms with Crippen LogP contribution in [0.5, 0.6) is 0 Å². The lowest BCUT2D eigenvalue weighted by atomic mass is 9.98. The highest BCUT2D eigenvalue weighted by atomic mass is 19.1. The van der Waals surface area contributed by atoms with Gasteiger partial charge in [-0.1, -0.05) is 12.1 Å². The number of hydrogen-bond donors (Lipinski definition) is 0. The molecule has 0 atom stereocenters. The first-order valence-electron chi connectivity index (χ1n) is 4.83. The Labute approximate surface area is 93.0 Å². The Morgan fingerprint density at radius 1 is 1.25 bits per heavy atom. The van der Waals surface area contributed by atoms with E-state index in [0.29, 0.717) is 5.56 Å². The van der Waals surface area contributed by atoms with E-state index in [4.69, 9.17) is 5.26 Å². The molecule has 0 spiro atoms. The van der Waals surface area contributed by atoms with Crippen molar-refractivity contribution in [3.05, 3.63) is 53.6 Å². The van der Waals surface area contributed by atoms with E-state index in [1.807, 2.05) is 19.1 Å². The van der Waals surface area contributed by atoms with Crippen LogP contribution in [0.25, 0.3) is 11.1 Å². The van der Waals surface area contributed by atoms with Crippen LogP contribution in [0.2, 0.25) is 0 Å². The van der Waals surface area contributed by atoms with E-state index in [1.54, 1.807) is 24.5 Å². The zero-order chi connectivity index (χ0) is 11.5. The fraction of sp³-hybridized carbons (Fsp3) is 0.0769. The third-order valence-corrected chi connectivity index (χ3v) is 2.45. The molecule has 2 aromatic rings. The Morgan fingerprint density at radius 3 is 2.75 bits per heavy atom. The third-order valence-electron chi connectivity index (χ3n) is 2.45. The standard InChI is InChI=1S/C13H9FN2/c1-9-5-6-16-8-12(9)10-3-2-4-13(14)11(10)7-15/h2-6,8H,1H3. The molecule has 0 saturated carbocycles. The summed E-state index contributed by atoms with van der Waals surface area (Å²) in [5.41, 5.74) is 2.42. The molecule has 78 valence electrons. The van der Waals surface area contributed by atoms with Gasteiger partial charge in [-0.25, -0.2) is 4.39 Å². The average Bonchev–Trinajstić information content (AvgIpc) is 2.29. The van der Waals surface area contributed by atoms with Crippen molar-refractivity contribution >= 4 is 0 Å². The second kappa shape index (κ2) is 4.11. The topological polar surface area (TPSA) is 36.7 Å². The first kappa shape index (κ1) is 10.3. The van der Waals surface area contributed by atoms with E-state index in [0.717, 1.165) is 11.1 Å². The molecule has 0 aliphatic rings. The number of pyridine rings is 1. The quantitative estimate of drug-likeness (QED) is 0.728. The van der Waals surface area contributed by atoms with Crippen molar-refractivity contribution in [1.82, 2.24) is 4.98 Å². The first-order chi connectivity index (χ1) is 7.74. The summed E-state index contributed by atoms with van der Waals surface area (Å²) in [7, 11) is 0. The Balaban J connectivity index is 2.71. The number of nitriles is 1. The molecule has 0 N–H and O–H groups in total. The molecule has 0 saturated heterocycles. The number of aryl methyl sites for hydroxylation is 1. The minimum atomic E-state index is -0.497. The molecule has 1 aromatic carbocycles. The Morgan fingerprint density at radius 2 is 2.06 bits per heavy atom. The predicted molar refractivity (Wildman–Crippen MR) is 59.1 cm³/mol. The van der Waals surface area contributed by atoms with Gasteiger partial charge in [-0.3, -0.25) is 4.98 Å². The summed E-state index contributed by atoms with van der Waals surface area (Å²) in [4.78, 5) is 4.00. The lowest BCUT2D eigenvalue weighted by molar-refractivity contribution is 0.624. The van der Waals surface area contributed by atoms with Crippen molar-refractivity contribution in [2.75, 3.05) is 0 Å². The molecule has 0 aliphatic heterocycles. The molecule has 0 amide bonds. The van der Waals surface area contributed by atoms with Gasteiger partial charge in [-0.2, -0.15) is 5.26 Å². The molecule has 3 heteroatoms. The van der Waals surface area contributed by atoms with Crippen LogP contribution in [0.1, 0.15) is 11.1 Å². The molecule has 0 fully saturated rings. The fourth-order valence-corrected chi connectivity index (χ4v) is 1.61. The Bertz CT molecular complexity index is 570. The van der Waals surface area contributed by atoms with Gasteiger partial charge in [-0.15, -0.1) is 0 Å². The van der Waals surface area contributed by atoms with Gasteiger partial charge in [0.25, 0.3) is 0 Å². The molecular weight excluding hydrogens is 203 g/mol. The second-order valence-electron chi connectivity index (χ2n) is 3.46. The summed E-state index contributed by atoms with van der Waals surface area (Å²) >= 11 is 0. The molecule has 0 aliphatic carbocycles. The number of halogens is 1. The van der Waals surface area contributed by atoms with Gasteiger partial charge in [0.05, 0.1) is 5.56 Å². The fourth-order valence-electron chi connectivity index (χ4n) is 1.61. The van der Waals surface area contributed by atoms with Crippen molar-refractivity contribution in [2.24, 2.45) is 0 Å². The Kier molecular flexibility index (Phi) is 2.65. The van der Waals surface area contributed by atoms with Gasteiger partial charge < -0.3 is 0 Å². The SMILES string of the molecule is Cc1ccncc1-c1cccc(F)c1C#N. The van der Waals surface area contributed by atoms with E-state index < -0.39 is 5.82 Å². The number of rotatable bonds is 1. The number of hydrogen-bond acceptors (Lipinski definition) is 2. The second-order valence-corrected chi connectivity index (χ2v) is 3.46. The summed E-state index contributed by atoms with van der Waals surface area (Å²) in [5.74, 6) is -0.497. The molecule has 0 bridgehead atoms. The maximum absolute atomic E-state index is 13.4. The number of nitrogens with zero attached hydrogens (tertiary/aromatic N) is 2. The highest BCUT2D eigenvalue weighted by Crippen LogP contribution is 2.26. The molecular formula is C13H9FN2. The third kappa shape index (κ3) is 1.66. The van der Waals surface area contributed by atoms with Crippen LogP contribution in [0.4, 0.5) is 4.39 Å². The van der Waals surface area contributed by atoms with Crippen molar-refractivity contribution in [2.45, 2.75) is 6.92 Å². The number of aromatic nitrogens is 1. The van der Waals surface area contributed by atoms with Gasteiger partial charge in [0.15, 0.2) is 0 Å². The molecule has 2 rings (SSSR count). The molecule has 16 heavy (non-hydrogen) atoms. The van der Waals surface area contributed by atoms with Crippen LogP contribution in [-0.4, -0.2) is 4.98 Å². The minimum absolute atomic E-state index is 0.0681. The van der Waals surface area contributed by atoms with Crippen LogP contribution >= 0.6 is 0 Å². The summed E-state index contributed by atoms with van der Waals surface area (Å²) in [6, 6.07) is 8.33. The van der Waals surface area contributed by atoms with Crippen LogP contribution < -0.4 is 0 Å². The van der Waals surface area contributed by atoms with Gasteiger partial charge in [0.1, 0.15) is 11.9 Å². The zero-order valence-corrected chi connectivity index (χ0v) is 8.74. The Hall–Kier alpha value is -2.21. The van der Waals surface area contributed by atoms with Gasteiger partial charge >= 0.3 is 0 Å². The summed E-state index contributed by atoms with van der Waals surface area (Å²) in [5, 5.41) is 8.94. The maximum atomic E-state index is 13.4. The normalized spacial score (nSPS) is 9.81. The molecule has 2 nitrogen and oxygen atoms in total. The van der Waals surface area contributed by atoms with Crippen LogP contribution in [0.3, 0.4) is 0 Å². The largest absolute Gasteiger partial charge is 0.264 e. The highest BCUT2D eigenvalue weighted by Gasteiger charge is 2.11. The van der Waals surface area contributed by atoms with Crippen LogP contribution in [-0.2, 0) is 0 Å². The minimum Gasteiger partial charge on any atom is -0.264 e. The highest BCUT2D eigenvalue weighted by molar-refractivity contribution is 5.72. The van der Waals surface area contributed by atoms with Gasteiger partial charge in [-0.05, 0) is 24.6 Å². The van der Waals surface area contributed by atoms with Crippen molar-refractivity contribution in [3.63, 3.8) is 0 Å². The van der Waals surface area contributed by atoms with Crippen molar-refractivity contribution in [3.8, 4) is 17.2 Å². The van der Waals surface area contributed by atoms with Gasteiger partial charge in [0.2, 0.25) is 0 Å². The van der Waals surface area contributed by atoms with Gasteiger partial charge in [0, 0.05) is 23.5 Å². The summed E-state index contributed by atoms with van der Waals surface area (Å²) < 4.78 is 13.4. The monoisotopic (exact) mass is 212 g/mol. The smallest absolute Gasteiger partial charge is 0.141 e. The molecule has 1 heterocycles. The molecule has 1 aromatic heterocycles.